The predicted octanol–water partition coefficient (Wildman–Crippen LogP) is 18.2. The van der Waals surface area contributed by atoms with Crippen molar-refractivity contribution in [3.63, 3.8) is 0 Å². The molecule has 70 heavy (non-hydrogen) atoms. The summed E-state index contributed by atoms with van der Waals surface area (Å²) in [6.07, 6.45) is 0. The number of furan rings is 1. The van der Waals surface area contributed by atoms with Crippen molar-refractivity contribution >= 4 is 56.1 Å². The molecule has 2 heterocycles. The summed E-state index contributed by atoms with van der Waals surface area (Å²) < 4.78 is 42.3. The molecule has 0 unspecified atom stereocenters. The summed E-state index contributed by atoms with van der Waals surface area (Å²) in [4.78, 5) is 4.66. The third-order valence-electron chi connectivity index (χ3n) is 14.4. The van der Waals surface area contributed by atoms with Gasteiger partial charge in [-0.05, 0) is 140 Å². The second-order valence-corrected chi connectivity index (χ2v) is 18.1. The van der Waals surface area contributed by atoms with Gasteiger partial charge in [-0.3, -0.25) is 0 Å². The zero-order chi connectivity index (χ0) is 49.7. The summed E-state index contributed by atoms with van der Waals surface area (Å²) in [6, 6.07) is 85.0. The summed E-state index contributed by atoms with van der Waals surface area (Å²) in [6.45, 7) is 0. The van der Waals surface area contributed by atoms with Crippen LogP contribution in [-0.4, -0.2) is 0 Å². The molecule has 0 radical (unpaired) electrons. The number of benzene rings is 11. The second-order valence-electron chi connectivity index (χ2n) is 18.1. The third kappa shape index (κ3) is 6.01. The summed E-state index contributed by atoms with van der Waals surface area (Å²) >= 11 is 0. The number of rotatable bonds is 7. The maximum absolute atomic E-state index is 9.35. The fourth-order valence-corrected chi connectivity index (χ4v) is 11.5. The van der Waals surface area contributed by atoms with Crippen molar-refractivity contribution in [1.82, 2.24) is 0 Å². The molecule has 0 saturated carbocycles. The molecule has 0 atom stereocenters. The maximum Gasteiger partial charge on any atom is 0.137 e. The van der Waals surface area contributed by atoms with Gasteiger partial charge >= 0.3 is 0 Å². The van der Waals surface area contributed by atoms with Gasteiger partial charge in [0.05, 0.1) is 39.0 Å². The molecule has 0 fully saturated rings. The van der Waals surface area contributed by atoms with Crippen LogP contribution in [-0.2, 0) is 5.41 Å². The van der Waals surface area contributed by atoms with Crippen LogP contribution in [0.15, 0.2) is 271 Å². The smallest absolute Gasteiger partial charge is 0.137 e. The van der Waals surface area contributed by atoms with Crippen molar-refractivity contribution in [2.45, 2.75) is 5.41 Å². The molecule has 1 aliphatic heterocycles. The summed E-state index contributed by atoms with van der Waals surface area (Å²) in [7, 11) is 0. The lowest BCUT2D eigenvalue weighted by molar-refractivity contribution is 0.669. The standard InChI is InChI=1S/C67H44N2O/c1-4-20-45(21-5-1)48-42-49(46-22-6-2-7-23-46)44-50(43-48)47-38-40-52(41-39-47)69(62-35-19-37-64-66(62)54-27-11-17-36-63(54)70-64)61-34-18-31-58-65(61)53-26-10-12-28-55(53)67(58)56-29-13-15-32-59(56)68(51-24-8-3-9-25-51)60-33-16-14-30-57(60)67/h1-44H/i11D,17D,27D,36D. The van der Waals surface area contributed by atoms with E-state index in [2.05, 4.69) is 222 Å². The molecule has 0 amide bonds. The number of anilines is 6. The highest BCUT2D eigenvalue weighted by atomic mass is 16.3. The van der Waals surface area contributed by atoms with Crippen LogP contribution in [0, 0.1) is 0 Å². The van der Waals surface area contributed by atoms with Gasteiger partial charge in [0.15, 0.2) is 0 Å². The largest absolute Gasteiger partial charge is 0.456 e. The highest BCUT2D eigenvalue weighted by molar-refractivity contribution is 6.14. The van der Waals surface area contributed by atoms with Crippen LogP contribution in [0.5, 0.6) is 0 Å². The zero-order valence-corrected chi connectivity index (χ0v) is 37.9. The Kier molecular flexibility index (Phi) is 8.20. The molecule has 11 aromatic carbocycles. The van der Waals surface area contributed by atoms with Crippen LogP contribution in [0.25, 0.3) is 66.4 Å². The van der Waals surface area contributed by atoms with Crippen molar-refractivity contribution in [2.24, 2.45) is 0 Å². The van der Waals surface area contributed by atoms with Gasteiger partial charge in [0.25, 0.3) is 0 Å². The van der Waals surface area contributed by atoms with Gasteiger partial charge in [0.1, 0.15) is 11.2 Å². The van der Waals surface area contributed by atoms with Crippen LogP contribution in [0.2, 0.25) is 0 Å². The van der Waals surface area contributed by atoms with Crippen molar-refractivity contribution < 1.29 is 9.90 Å². The van der Waals surface area contributed by atoms with Gasteiger partial charge in [-0.2, -0.15) is 0 Å². The Morgan fingerprint density at radius 1 is 0.400 bits per heavy atom. The average Bonchev–Trinajstić information content (AvgIpc) is 4.04. The number of hydrogen-bond donors (Lipinski definition) is 0. The minimum Gasteiger partial charge on any atom is -0.456 e. The Labute approximate surface area is 413 Å². The molecule has 0 N–H and O–H groups in total. The van der Waals surface area contributed by atoms with E-state index >= 15 is 0 Å². The Balaban J connectivity index is 1.03. The van der Waals surface area contributed by atoms with Gasteiger partial charge in [0.2, 0.25) is 0 Å². The minimum atomic E-state index is -0.719. The number of fused-ring (bicyclic) bond motifs is 12. The van der Waals surface area contributed by atoms with E-state index in [4.69, 9.17) is 8.53 Å². The van der Waals surface area contributed by atoms with E-state index in [1.165, 1.54) is 16.7 Å². The van der Waals surface area contributed by atoms with Crippen molar-refractivity contribution in [3.05, 3.63) is 289 Å². The van der Waals surface area contributed by atoms with Crippen molar-refractivity contribution in [2.75, 3.05) is 9.80 Å². The normalized spacial score (nSPS) is 13.7. The average molecular weight is 897 g/mol. The quantitative estimate of drug-likeness (QED) is 0.159. The van der Waals surface area contributed by atoms with Crippen LogP contribution >= 0.6 is 0 Å². The molecule has 1 aromatic heterocycles. The molecule has 1 aliphatic carbocycles. The van der Waals surface area contributed by atoms with Gasteiger partial charge in [-0.1, -0.05) is 188 Å². The predicted molar refractivity (Wildman–Crippen MR) is 290 cm³/mol. The zero-order valence-electron chi connectivity index (χ0n) is 41.9. The second kappa shape index (κ2) is 16.0. The topological polar surface area (TPSA) is 19.6 Å². The molecule has 2 aliphatic rings. The summed E-state index contributed by atoms with van der Waals surface area (Å²) in [5.74, 6) is 0. The maximum atomic E-state index is 9.35. The van der Waals surface area contributed by atoms with E-state index in [0.29, 0.717) is 16.4 Å². The van der Waals surface area contributed by atoms with E-state index in [0.717, 1.165) is 84.2 Å². The minimum absolute atomic E-state index is 0.127. The van der Waals surface area contributed by atoms with Gasteiger partial charge in [0, 0.05) is 22.3 Å². The molecular weight excluding hydrogens is 849 g/mol. The first kappa shape index (κ1) is 35.9. The van der Waals surface area contributed by atoms with Crippen LogP contribution < -0.4 is 9.80 Å². The first-order valence-corrected chi connectivity index (χ1v) is 23.8. The lowest BCUT2D eigenvalue weighted by Gasteiger charge is -2.45. The van der Waals surface area contributed by atoms with Gasteiger partial charge < -0.3 is 14.2 Å². The van der Waals surface area contributed by atoms with E-state index < -0.39 is 5.41 Å². The van der Waals surface area contributed by atoms with Crippen molar-refractivity contribution in [3.8, 4) is 44.5 Å². The van der Waals surface area contributed by atoms with Gasteiger partial charge in [-0.15, -0.1) is 0 Å². The molecular formula is C67H44N2O. The Bertz CT molecular complexity index is 4090. The molecule has 328 valence electrons. The van der Waals surface area contributed by atoms with Crippen LogP contribution in [0.1, 0.15) is 27.7 Å². The fraction of sp³-hybridized carbons (Fsp3) is 0.0149. The molecule has 0 bridgehead atoms. The summed E-state index contributed by atoms with van der Waals surface area (Å²) in [5, 5.41) is 0.946. The lowest BCUT2D eigenvalue weighted by atomic mass is 9.64. The number of para-hydroxylation sites is 4. The van der Waals surface area contributed by atoms with Gasteiger partial charge in [-0.25, -0.2) is 0 Å². The first-order chi connectivity index (χ1) is 36.4. The third-order valence-corrected chi connectivity index (χ3v) is 14.4. The van der Waals surface area contributed by atoms with Crippen molar-refractivity contribution in [1.29, 1.82) is 0 Å². The fourth-order valence-electron chi connectivity index (χ4n) is 11.5. The molecule has 3 nitrogen and oxygen atoms in total. The molecule has 14 rings (SSSR count). The molecule has 1 spiro atoms. The summed E-state index contributed by atoms with van der Waals surface area (Å²) in [5.41, 5.74) is 19.2. The Morgan fingerprint density at radius 3 is 1.57 bits per heavy atom. The monoisotopic (exact) mass is 896 g/mol. The first-order valence-electron chi connectivity index (χ1n) is 25.8. The SMILES string of the molecule is [2H]c1c([2H])c([2H])c2c(oc3cccc(N(c4ccc(-c5cc(-c6ccccc6)cc(-c6ccccc6)c5)cc4)c4cccc5c4-c4ccccc4C54c5ccccc5N(c5ccccc5)c5ccccc54)c32)c1[2H]. The lowest BCUT2D eigenvalue weighted by Crippen LogP contribution is -2.36. The van der Waals surface area contributed by atoms with Crippen LogP contribution in [0.3, 0.4) is 0 Å². The molecule has 0 saturated heterocycles. The Hall–Kier alpha value is -9.18. The van der Waals surface area contributed by atoms with E-state index in [9.17, 15) is 1.37 Å². The molecule has 12 aromatic rings. The number of nitrogens with zero attached hydrogens (tertiary/aromatic N) is 2. The van der Waals surface area contributed by atoms with E-state index in [1.807, 2.05) is 30.3 Å². The number of hydrogen-bond acceptors (Lipinski definition) is 3. The van der Waals surface area contributed by atoms with Crippen LogP contribution in [0.4, 0.5) is 34.1 Å². The highest BCUT2D eigenvalue weighted by Gasteiger charge is 2.52. The van der Waals surface area contributed by atoms with E-state index in [1.54, 1.807) is 0 Å². The Morgan fingerprint density at radius 2 is 0.914 bits per heavy atom. The van der Waals surface area contributed by atoms with E-state index in [-0.39, 0.29) is 29.8 Å². The highest BCUT2D eigenvalue weighted by Crippen LogP contribution is 2.65. The molecule has 3 heteroatoms.